The summed E-state index contributed by atoms with van der Waals surface area (Å²) >= 11 is 5.81. The third-order valence-electron chi connectivity index (χ3n) is 4.13. The Balaban J connectivity index is 1.57. The standard InChI is InChI=1S/C23H18ClN3O4/c1-15-5-2-3-8-20(15)26-21(28)22(29)27-25-14-16-6-4-7-19(13-16)31-23(30)17-9-11-18(24)12-10-17/h2-14H,1H3,(H,26,28)(H,27,29). The highest BCUT2D eigenvalue weighted by Crippen LogP contribution is 2.16. The van der Waals surface area contributed by atoms with E-state index in [9.17, 15) is 14.4 Å². The Hall–Kier alpha value is -3.97. The topological polar surface area (TPSA) is 96.9 Å². The van der Waals surface area contributed by atoms with Crippen LogP contribution in [0.25, 0.3) is 0 Å². The van der Waals surface area contributed by atoms with Gasteiger partial charge in [0.05, 0.1) is 11.8 Å². The number of carbonyl (C=O) groups excluding carboxylic acids is 3. The Bertz CT molecular complexity index is 1140. The zero-order valence-electron chi connectivity index (χ0n) is 16.5. The average molecular weight is 436 g/mol. The number of nitrogens with zero attached hydrogens (tertiary/aromatic N) is 1. The minimum atomic E-state index is -0.912. The van der Waals surface area contributed by atoms with E-state index < -0.39 is 17.8 Å². The number of benzene rings is 3. The molecule has 3 aromatic rings. The highest BCUT2D eigenvalue weighted by atomic mass is 35.5. The average Bonchev–Trinajstić information content (AvgIpc) is 2.76. The fraction of sp³-hybridized carbons (Fsp3) is 0.0435. The van der Waals surface area contributed by atoms with Gasteiger partial charge in [-0.05, 0) is 60.5 Å². The summed E-state index contributed by atoms with van der Waals surface area (Å²) in [5.74, 6) is -1.98. The number of carbonyl (C=O) groups is 3. The summed E-state index contributed by atoms with van der Waals surface area (Å²) in [6.07, 6.45) is 1.33. The summed E-state index contributed by atoms with van der Waals surface area (Å²) in [6, 6.07) is 20.0. The Morgan fingerprint density at radius 1 is 0.935 bits per heavy atom. The summed E-state index contributed by atoms with van der Waals surface area (Å²) in [6.45, 7) is 1.82. The Kier molecular flexibility index (Phi) is 7.13. The second kappa shape index (κ2) is 10.2. The molecule has 7 nitrogen and oxygen atoms in total. The van der Waals surface area contributed by atoms with E-state index in [4.69, 9.17) is 16.3 Å². The molecule has 31 heavy (non-hydrogen) atoms. The number of hydrogen-bond donors (Lipinski definition) is 2. The molecule has 8 heteroatoms. The van der Waals surface area contributed by atoms with Gasteiger partial charge in [-0.2, -0.15) is 5.10 Å². The monoisotopic (exact) mass is 435 g/mol. The van der Waals surface area contributed by atoms with E-state index in [-0.39, 0.29) is 0 Å². The normalized spacial score (nSPS) is 10.5. The second-order valence-electron chi connectivity index (χ2n) is 6.44. The smallest absolute Gasteiger partial charge is 0.343 e. The highest BCUT2D eigenvalue weighted by Gasteiger charge is 2.13. The first-order valence-electron chi connectivity index (χ1n) is 9.20. The van der Waals surface area contributed by atoms with Gasteiger partial charge in [0.2, 0.25) is 0 Å². The maximum absolute atomic E-state index is 12.2. The van der Waals surface area contributed by atoms with Crippen molar-refractivity contribution in [3.63, 3.8) is 0 Å². The molecule has 0 unspecified atom stereocenters. The SMILES string of the molecule is Cc1ccccc1NC(=O)C(=O)NN=Cc1cccc(OC(=O)c2ccc(Cl)cc2)c1. The molecule has 0 bridgehead atoms. The summed E-state index contributed by atoms with van der Waals surface area (Å²) in [7, 11) is 0. The lowest BCUT2D eigenvalue weighted by molar-refractivity contribution is -0.136. The summed E-state index contributed by atoms with van der Waals surface area (Å²) < 4.78 is 5.33. The molecule has 0 saturated heterocycles. The van der Waals surface area contributed by atoms with Gasteiger partial charge in [-0.3, -0.25) is 9.59 Å². The van der Waals surface area contributed by atoms with Crippen LogP contribution in [0.3, 0.4) is 0 Å². The van der Waals surface area contributed by atoms with Crippen molar-refractivity contribution in [1.29, 1.82) is 0 Å². The lowest BCUT2D eigenvalue weighted by Gasteiger charge is -2.06. The first-order valence-corrected chi connectivity index (χ1v) is 9.58. The molecule has 156 valence electrons. The van der Waals surface area contributed by atoms with Crippen LogP contribution in [0.4, 0.5) is 5.69 Å². The number of hydrogen-bond acceptors (Lipinski definition) is 5. The minimum absolute atomic E-state index is 0.299. The number of amides is 2. The number of aryl methyl sites for hydroxylation is 1. The van der Waals surface area contributed by atoms with Crippen molar-refractivity contribution in [2.24, 2.45) is 5.10 Å². The van der Waals surface area contributed by atoms with E-state index in [1.165, 1.54) is 6.21 Å². The van der Waals surface area contributed by atoms with E-state index in [0.29, 0.717) is 27.6 Å². The van der Waals surface area contributed by atoms with Crippen molar-refractivity contribution >= 4 is 41.3 Å². The van der Waals surface area contributed by atoms with E-state index >= 15 is 0 Å². The number of nitrogens with one attached hydrogen (secondary N) is 2. The van der Waals surface area contributed by atoms with Gasteiger partial charge in [-0.25, -0.2) is 10.2 Å². The Labute approximate surface area is 183 Å². The largest absolute Gasteiger partial charge is 0.423 e. The molecule has 0 fully saturated rings. The van der Waals surface area contributed by atoms with Crippen LogP contribution >= 0.6 is 11.6 Å². The molecule has 0 radical (unpaired) electrons. The van der Waals surface area contributed by atoms with Gasteiger partial charge in [0.15, 0.2) is 0 Å². The summed E-state index contributed by atoms with van der Waals surface area (Å²) in [4.78, 5) is 36.1. The number of anilines is 1. The molecule has 0 spiro atoms. The molecule has 0 aliphatic carbocycles. The molecule has 0 saturated carbocycles. The molecule has 0 aliphatic heterocycles. The predicted molar refractivity (Wildman–Crippen MR) is 118 cm³/mol. The van der Waals surface area contributed by atoms with Crippen LogP contribution in [-0.2, 0) is 9.59 Å². The summed E-state index contributed by atoms with van der Waals surface area (Å²) in [5.41, 5.74) is 4.45. The van der Waals surface area contributed by atoms with E-state index in [0.717, 1.165) is 5.56 Å². The number of ether oxygens (including phenoxy) is 1. The molecule has 2 N–H and O–H groups in total. The van der Waals surface area contributed by atoms with Crippen LogP contribution in [-0.4, -0.2) is 24.0 Å². The third-order valence-corrected chi connectivity index (χ3v) is 4.38. The van der Waals surface area contributed by atoms with Crippen LogP contribution in [0, 0.1) is 6.92 Å². The first-order chi connectivity index (χ1) is 14.9. The van der Waals surface area contributed by atoms with Gasteiger partial charge in [-0.15, -0.1) is 0 Å². The predicted octanol–water partition coefficient (Wildman–Crippen LogP) is 3.96. The Morgan fingerprint density at radius 3 is 2.42 bits per heavy atom. The molecule has 0 atom stereocenters. The lowest BCUT2D eigenvalue weighted by Crippen LogP contribution is -2.32. The van der Waals surface area contributed by atoms with Crippen molar-refractivity contribution in [1.82, 2.24) is 5.43 Å². The van der Waals surface area contributed by atoms with Crippen molar-refractivity contribution < 1.29 is 19.1 Å². The van der Waals surface area contributed by atoms with Crippen LogP contribution in [0.5, 0.6) is 5.75 Å². The molecule has 0 heterocycles. The number of esters is 1. The Morgan fingerprint density at radius 2 is 1.68 bits per heavy atom. The maximum Gasteiger partial charge on any atom is 0.343 e. The zero-order valence-corrected chi connectivity index (χ0v) is 17.2. The van der Waals surface area contributed by atoms with Crippen LogP contribution < -0.4 is 15.5 Å². The number of para-hydroxylation sites is 1. The van der Waals surface area contributed by atoms with Gasteiger partial charge in [0.1, 0.15) is 5.75 Å². The molecular weight excluding hydrogens is 418 g/mol. The van der Waals surface area contributed by atoms with Crippen LogP contribution in [0.1, 0.15) is 21.5 Å². The van der Waals surface area contributed by atoms with Crippen molar-refractivity contribution in [3.8, 4) is 5.75 Å². The molecule has 2 amide bonds. The molecule has 3 aromatic carbocycles. The number of halogens is 1. The van der Waals surface area contributed by atoms with Gasteiger partial charge in [0, 0.05) is 10.7 Å². The third kappa shape index (κ3) is 6.25. The first kappa shape index (κ1) is 21.7. The fourth-order valence-corrected chi connectivity index (χ4v) is 2.64. The fourth-order valence-electron chi connectivity index (χ4n) is 2.52. The van der Waals surface area contributed by atoms with E-state index in [1.807, 2.05) is 19.1 Å². The van der Waals surface area contributed by atoms with Gasteiger partial charge in [-0.1, -0.05) is 41.9 Å². The quantitative estimate of drug-likeness (QED) is 0.208. The van der Waals surface area contributed by atoms with Crippen LogP contribution in [0.2, 0.25) is 5.02 Å². The highest BCUT2D eigenvalue weighted by molar-refractivity contribution is 6.39. The maximum atomic E-state index is 12.2. The molecular formula is C23H18ClN3O4. The number of hydrazone groups is 1. The van der Waals surface area contributed by atoms with Crippen molar-refractivity contribution in [2.75, 3.05) is 5.32 Å². The number of rotatable bonds is 5. The second-order valence-corrected chi connectivity index (χ2v) is 6.87. The van der Waals surface area contributed by atoms with E-state index in [2.05, 4.69) is 15.8 Å². The zero-order chi connectivity index (χ0) is 22.2. The lowest BCUT2D eigenvalue weighted by atomic mass is 10.2. The van der Waals surface area contributed by atoms with Crippen LogP contribution in [0.15, 0.2) is 77.9 Å². The van der Waals surface area contributed by atoms with Crippen molar-refractivity contribution in [3.05, 3.63) is 94.5 Å². The van der Waals surface area contributed by atoms with E-state index in [1.54, 1.807) is 60.7 Å². The summed E-state index contributed by atoms with van der Waals surface area (Å²) in [5, 5.41) is 6.81. The molecule has 3 rings (SSSR count). The molecule has 0 aromatic heterocycles. The minimum Gasteiger partial charge on any atom is -0.423 e. The molecule has 0 aliphatic rings. The van der Waals surface area contributed by atoms with Gasteiger partial charge < -0.3 is 10.1 Å². The van der Waals surface area contributed by atoms with Gasteiger partial charge in [0.25, 0.3) is 0 Å². The van der Waals surface area contributed by atoms with Gasteiger partial charge >= 0.3 is 17.8 Å². The van der Waals surface area contributed by atoms with Crippen molar-refractivity contribution in [2.45, 2.75) is 6.92 Å².